The smallest absolute Gasteiger partial charge is 0.545 e. The Morgan fingerprint density at radius 1 is 0.682 bits per heavy atom. The molecule has 0 aliphatic heterocycles. The first-order chi connectivity index (χ1) is 9.08. The molecule has 0 aliphatic rings. The van der Waals surface area contributed by atoms with Crippen molar-refractivity contribution in [1.29, 1.82) is 0 Å². The normalized spacial score (nSPS) is 5.82. The largest absolute Gasteiger partial charge is 2.00 e. The van der Waals surface area contributed by atoms with Crippen molar-refractivity contribution in [2.75, 3.05) is 0 Å². The topological polar surface area (TPSA) is 155 Å². The van der Waals surface area contributed by atoms with E-state index < -0.39 is 23.9 Å². The van der Waals surface area contributed by atoms with Gasteiger partial charge in [-0.1, -0.05) is 26.3 Å². The van der Waals surface area contributed by atoms with Gasteiger partial charge in [0.15, 0.2) is 0 Å². The first-order valence-corrected chi connectivity index (χ1v) is 4.46. The Labute approximate surface area is 147 Å². The minimum atomic E-state index is -1.23. The molecule has 0 aromatic carbocycles. The van der Waals surface area contributed by atoms with E-state index >= 15 is 0 Å². The van der Waals surface area contributed by atoms with Gasteiger partial charge in [-0.3, -0.25) is 0 Å². The zero-order valence-corrected chi connectivity index (χ0v) is 15.7. The van der Waals surface area contributed by atoms with E-state index in [0.29, 0.717) is 0 Å². The Kier molecular flexibility index (Phi) is 52.3. The number of carbonyl (C=O) groups excluding carboxylic acids is 2. The zero-order valence-electron chi connectivity index (χ0n) is 11.7. The fourth-order valence-electron chi connectivity index (χ4n) is 0. The standard InChI is InChI=1S/4C3H4O2.H2S.Zn/c4*1-2-3(4)5;;/h4*2H,1H2,(H,4,5);1H2;/q;;;;;+2/p-2. The Balaban J connectivity index is -0.0000000376. The minimum Gasteiger partial charge on any atom is -0.545 e. The van der Waals surface area contributed by atoms with Crippen molar-refractivity contribution in [3.8, 4) is 0 Å². The van der Waals surface area contributed by atoms with E-state index in [0.717, 1.165) is 24.3 Å². The fraction of sp³-hybridized carbons (Fsp3) is 0. The molecule has 120 valence electrons. The number of hydrogen-bond acceptors (Lipinski definition) is 6. The average molecular weight is 386 g/mol. The number of carboxylic acid groups (broad SMARTS) is 4. The van der Waals surface area contributed by atoms with Gasteiger partial charge >= 0.3 is 31.4 Å². The maximum atomic E-state index is 9.25. The van der Waals surface area contributed by atoms with Crippen LogP contribution in [0, 0.1) is 0 Å². The molecule has 0 aromatic heterocycles. The molecule has 0 fully saturated rings. The third kappa shape index (κ3) is 149. The summed E-state index contributed by atoms with van der Waals surface area (Å²) in [6, 6.07) is 0. The molecule has 2 N–H and O–H groups in total. The number of rotatable bonds is 4. The predicted octanol–water partition coefficient (Wildman–Crippen LogP) is -1.53. The van der Waals surface area contributed by atoms with E-state index in [-0.39, 0.29) is 33.0 Å². The van der Waals surface area contributed by atoms with Crippen molar-refractivity contribution >= 4 is 37.4 Å². The van der Waals surface area contributed by atoms with E-state index in [2.05, 4.69) is 26.3 Å². The van der Waals surface area contributed by atoms with Gasteiger partial charge in [0.2, 0.25) is 0 Å². The summed E-state index contributed by atoms with van der Waals surface area (Å²) < 4.78 is 0. The molecule has 0 atom stereocenters. The first-order valence-electron chi connectivity index (χ1n) is 4.46. The van der Waals surface area contributed by atoms with Crippen LogP contribution in [0.25, 0.3) is 0 Å². The maximum absolute atomic E-state index is 9.25. The van der Waals surface area contributed by atoms with Crippen LogP contribution in [0.15, 0.2) is 50.6 Å². The molecule has 22 heavy (non-hydrogen) atoms. The molecule has 0 unspecified atom stereocenters. The molecule has 0 heterocycles. The Morgan fingerprint density at radius 2 is 0.773 bits per heavy atom. The van der Waals surface area contributed by atoms with Crippen molar-refractivity contribution in [2.24, 2.45) is 0 Å². The van der Waals surface area contributed by atoms with Crippen molar-refractivity contribution in [3.63, 3.8) is 0 Å². The van der Waals surface area contributed by atoms with Crippen LogP contribution in [0.2, 0.25) is 0 Å². The van der Waals surface area contributed by atoms with Crippen LogP contribution < -0.4 is 10.2 Å². The van der Waals surface area contributed by atoms with E-state index in [1.807, 2.05) is 0 Å². The summed E-state index contributed by atoms with van der Waals surface area (Å²) in [6.07, 6.45) is 3.11. The van der Waals surface area contributed by atoms with E-state index in [4.69, 9.17) is 30.0 Å². The van der Waals surface area contributed by atoms with Gasteiger partial charge in [-0.25, -0.2) is 9.59 Å². The van der Waals surface area contributed by atoms with Crippen molar-refractivity contribution in [3.05, 3.63) is 50.6 Å². The molecule has 0 rings (SSSR count). The van der Waals surface area contributed by atoms with Crippen LogP contribution in [0.4, 0.5) is 0 Å². The molecule has 0 bridgehead atoms. The zero-order chi connectivity index (χ0) is 17.1. The third-order valence-corrected chi connectivity index (χ3v) is 0.683. The molecule has 0 saturated heterocycles. The Morgan fingerprint density at radius 3 is 0.773 bits per heavy atom. The summed E-state index contributed by atoms with van der Waals surface area (Å²) in [5, 5.41) is 33.5. The number of carbonyl (C=O) groups is 4. The Bertz CT molecular complexity index is 307. The summed E-state index contributed by atoms with van der Waals surface area (Å²) in [5.41, 5.74) is 0. The SMILES string of the molecule is C=CC(=O)O.C=CC(=O)O.C=CC(=O)[O-].C=CC(=O)[O-].S.[Zn+2]. The molecule has 0 aromatic rings. The predicted molar refractivity (Wildman–Crippen MR) is 76.5 cm³/mol. The summed E-state index contributed by atoms with van der Waals surface area (Å²) in [7, 11) is 0. The fourth-order valence-corrected chi connectivity index (χ4v) is 0. The van der Waals surface area contributed by atoms with Gasteiger partial charge in [-0.15, -0.1) is 0 Å². The molecule has 0 saturated carbocycles. The van der Waals surface area contributed by atoms with Gasteiger partial charge in [-0.2, -0.15) is 13.5 Å². The number of aliphatic carboxylic acids is 4. The van der Waals surface area contributed by atoms with Gasteiger partial charge in [-0.05, 0) is 12.2 Å². The second kappa shape index (κ2) is 31.3. The summed E-state index contributed by atoms with van der Waals surface area (Å²) in [4.78, 5) is 36.8. The van der Waals surface area contributed by atoms with E-state index in [1.165, 1.54) is 0 Å². The molecule has 0 radical (unpaired) electrons. The van der Waals surface area contributed by atoms with E-state index in [1.54, 1.807) is 0 Å². The Hall–Kier alpha value is -2.19. The molecular formula is C12H16O8SZn. The maximum Gasteiger partial charge on any atom is 2.00 e. The number of hydrogen-bond donors (Lipinski definition) is 2. The second-order valence-electron chi connectivity index (χ2n) is 2.13. The van der Waals surface area contributed by atoms with E-state index in [9.17, 15) is 9.59 Å². The molecular weight excluding hydrogens is 370 g/mol. The van der Waals surface area contributed by atoms with Crippen LogP contribution in [0.3, 0.4) is 0 Å². The van der Waals surface area contributed by atoms with Gasteiger partial charge in [0.1, 0.15) is 0 Å². The summed E-state index contributed by atoms with van der Waals surface area (Å²) in [6.45, 7) is 11.7. The van der Waals surface area contributed by atoms with Gasteiger partial charge in [0.05, 0.1) is 11.9 Å². The van der Waals surface area contributed by atoms with Crippen molar-refractivity contribution in [2.45, 2.75) is 0 Å². The van der Waals surface area contributed by atoms with Crippen LogP contribution >= 0.6 is 13.5 Å². The summed E-state index contributed by atoms with van der Waals surface area (Å²) in [5.74, 6) is -4.43. The molecule has 8 nitrogen and oxygen atoms in total. The van der Waals surface area contributed by atoms with Crippen LogP contribution in [0.5, 0.6) is 0 Å². The van der Waals surface area contributed by atoms with Crippen molar-refractivity contribution < 1.29 is 59.1 Å². The molecule has 0 spiro atoms. The van der Waals surface area contributed by atoms with Gasteiger partial charge < -0.3 is 30.0 Å². The molecule has 0 amide bonds. The first kappa shape index (κ1) is 36.8. The monoisotopic (exact) mass is 384 g/mol. The quantitative estimate of drug-likeness (QED) is 0.436. The van der Waals surface area contributed by atoms with Gasteiger partial charge in [0.25, 0.3) is 0 Å². The number of carboxylic acids is 4. The second-order valence-corrected chi connectivity index (χ2v) is 2.13. The summed E-state index contributed by atoms with van der Waals surface area (Å²) >= 11 is 0. The minimum absolute atomic E-state index is 0. The van der Waals surface area contributed by atoms with Crippen LogP contribution in [-0.4, -0.2) is 34.1 Å². The molecule has 0 aliphatic carbocycles. The van der Waals surface area contributed by atoms with Gasteiger partial charge in [0, 0.05) is 12.2 Å². The third-order valence-electron chi connectivity index (χ3n) is 0.683. The average Bonchev–Trinajstić information content (AvgIpc) is 2.40. The van der Waals surface area contributed by atoms with Crippen LogP contribution in [-0.2, 0) is 38.7 Å². The molecule has 10 heteroatoms. The van der Waals surface area contributed by atoms with Crippen molar-refractivity contribution in [1.82, 2.24) is 0 Å². The van der Waals surface area contributed by atoms with Crippen LogP contribution in [0.1, 0.15) is 0 Å².